The van der Waals surface area contributed by atoms with Crippen LogP contribution in [0.15, 0.2) is 12.1 Å². The van der Waals surface area contributed by atoms with E-state index in [4.69, 9.17) is 18.9 Å². The van der Waals surface area contributed by atoms with Gasteiger partial charge in [-0.2, -0.15) is 0 Å². The third kappa shape index (κ3) is 7.11. The summed E-state index contributed by atoms with van der Waals surface area (Å²) >= 11 is 0. The van der Waals surface area contributed by atoms with E-state index in [0.717, 1.165) is 30.7 Å². The summed E-state index contributed by atoms with van der Waals surface area (Å²) in [6, 6.07) is 2.18. The fourth-order valence-corrected chi connectivity index (χ4v) is 10.4. The number of aromatic carboxylic acids is 1. The summed E-state index contributed by atoms with van der Waals surface area (Å²) in [7, 11) is 3.04. The number of hydrogen-bond donors (Lipinski definition) is 7. The summed E-state index contributed by atoms with van der Waals surface area (Å²) in [6.45, 7) is 5.42. The number of fused-ring (bicyclic) bond motifs is 2. The minimum Gasteiger partial charge on any atom is -0.507 e. The zero-order valence-electron chi connectivity index (χ0n) is 27.8. The summed E-state index contributed by atoms with van der Waals surface area (Å²) < 4.78 is 24.4. The molecule has 3 aliphatic rings. The van der Waals surface area contributed by atoms with Crippen LogP contribution in [0.4, 0.5) is 0 Å². The summed E-state index contributed by atoms with van der Waals surface area (Å²) in [5, 5.41) is 75.2. The van der Waals surface area contributed by atoms with Gasteiger partial charge in [-0.25, -0.2) is 4.79 Å². The number of benzene rings is 2. The van der Waals surface area contributed by atoms with Gasteiger partial charge in [0, 0.05) is 35.3 Å². The van der Waals surface area contributed by atoms with Gasteiger partial charge < -0.3 is 54.7 Å². The van der Waals surface area contributed by atoms with Crippen LogP contribution in [0.3, 0.4) is 0 Å². The van der Waals surface area contributed by atoms with Gasteiger partial charge in [-0.3, -0.25) is 4.79 Å². The lowest BCUT2D eigenvalue weighted by atomic mass is 9.64. The van der Waals surface area contributed by atoms with Gasteiger partial charge in [-0.15, -0.1) is 0 Å². The molecule has 0 unspecified atom stereocenters. The molecule has 49 heavy (non-hydrogen) atoms. The normalized spacial score (nSPS) is 32.7. The maximum absolute atomic E-state index is 12.4. The zero-order chi connectivity index (χ0) is 35.7. The van der Waals surface area contributed by atoms with Crippen LogP contribution in [-0.4, -0.2) is 116 Å². The molecule has 15 heteroatoms. The number of ether oxygens (including phenoxy) is 4. The van der Waals surface area contributed by atoms with E-state index < -0.39 is 60.1 Å². The van der Waals surface area contributed by atoms with E-state index >= 15 is 0 Å². The van der Waals surface area contributed by atoms with Crippen molar-refractivity contribution in [2.45, 2.75) is 83.1 Å². The van der Waals surface area contributed by atoms with E-state index in [1.54, 1.807) is 10.8 Å². The Morgan fingerprint density at radius 3 is 2.53 bits per heavy atom. The van der Waals surface area contributed by atoms with E-state index in [1.165, 1.54) is 24.6 Å². The third-order valence-electron chi connectivity index (χ3n) is 10.6. The molecule has 0 aliphatic carbocycles. The van der Waals surface area contributed by atoms with Crippen molar-refractivity contribution < 1.29 is 64.3 Å². The van der Waals surface area contributed by atoms with Gasteiger partial charge in [0.25, 0.3) is 0 Å². The van der Waals surface area contributed by atoms with Gasteiger partial charge in [0.05, 0.1) is 29.7 Å². The number of carbonyl (C=O) groups excluding carboxylic acids is 1. The first-order valence-corrected chi connectivity index (χ1v) is 18.9. The van der Waals surface area contributed by atoms with Crippen molar-refractivity contribution in [1.29, 1.82) is 0 Å². The Balaban J connectivity index is 1.49. The van der Waals surface area contributed by atoms with Gasteiger partial charge in [-0.1, -0.05) is 28.5 Å². The highest BCUT2D eigenvalue weighted by atomic mass is 33.1. The monoisotopic (exact) mass is 726 g/mol. The minimum absolute atomic E-state index is 0.0400. The highest BCUT2D eigenvalue weighted by molar-refractivity contribution is 8.76. The second kappa shape index (κ2) is 15.5. The fraction of sp³-hybridized carbons (Fsp3) is 0.647. The van der Waals surface area contributed by atoms with Gasteiger partial charge in [0.1, 0.15) is 47.1 Å². The zero-order valence-corrected chi connectivity index (χ0v) is 29.4. The van der Waals surface area contributed by atoms with Crippen molar-refractivity contribution in [3.8, 4) is 17.2 Å². The summed E-state index contributed by atoms with van der Waals surface area (Å²) in [6.07, 6.45) is -3.22. The van der Waals surface area contributed by atoms with Crippen molar-refractivity contribution in [2.24, 2.45) is 17.3 Å². The molecule has 7 N–H and O–H groups in total. The molecule has 3 saturated heterocycles. The van der Waals surface area contributed by atoms with Crippen LogP contribution < -0.4 is 4.74 Å². The number of Topliss-reactive ketones (excluding diaryl/α,β-unsaturated/α-hetero) is 1. The minimum atomic E-state index is -1.77. The Hall–Kier alpha value is -2.34. The lowest BCUT2D eigenvalue weighted by Gasteiger charge is -2.51. The molecule has 8 atom stereocenters. The third-order valence-corrected chi connectivity index (χ3v) is 12.8. The lowest BCUT2D eigenvalue weighted by Crippen LogP contribution is -2.69. The molecule has 1 spiro atoms. The van der Waals surface area contributed by atoms with E-state index in [1.807, 2.05) is 0 Å². The molecule has 2 aromatic rings. The van der Waals surface area contributed by atoms with Gasteiger partial charge in [-0.05, 0) is 69.9 Å². The average molecular weight is 727 g/mol. The predicted octanol–water partition coefficient (Wildman–Crippen LogP) is 3.60. The van der Waals surface area contributed by atoms with Crippen molar-refractivity contribution in [1.82, 2.24) is 0 Å². The molecule has 0 amide bonds. The van der Waals surface area contributed by atoms with Gasteiger partial charge >= 0.3 is 5.97 Å². The number of phenols is 2. The highest BCUT2D eigenvalue weighted by Crippen LogP contribution is 2.51. The van der Waals surface area contributed by atoms with Crippen molar-refractivity contribution >= 4 is 44.1 Å². The van der Waals surface area contributed by atoms with Gasteiger partial charge in [0.15, 0.2) is 5.78 Å². The molecule has 3 fully saturated rings. The Bertz CT molecular complexity index is 1530. The molecule has 2 aromatic carbocycles. The molecule has 272 valence electrons. The van der Waals surface area contributed by atoms with Crippen LogP contribution in [0.5, 0.6) is 17.2 Å². The highest BCUT2D eigenvalue weighted by Gasteiger charge is 2.58. The first-order valence-electron chi connectivity index (χ1n) is 16.4. The van der Waals surface area contributed by atoms with Crippen LogP contribution in [0, 0.1) is 24.2 Å². The van der Waals surface area contributed by atoms with E-state index in [0.29, 0.717) is 26.1 Å². The number of rotatable bonds is 8. The Labute approximate surface area is 292 Å². The Kier molecular flexibility index (Phi) is 12.0. The second-order valence-electron chi connectivity index (χ2n) is 13.4. The predicted molar refractivity (Wildman–Crippen MR) is 182 cm³/mol. The van der Waals surface area contributed by atoms with Crippen LogP contribution in [0.1, 0.15) is 72.2 Å². The van der Waals surface area contributed by atoms with E-state index in [2.05, 4.69) is 6.92 Å². The molecule has 0 saturated carbocycles. The maximum Gasteiger partial charge on any atom is 0.335 e. The number of carboxylic acids is 1. The molecule has 3 aliphatic heterocycles. The number of aliphatic hydroxyl groups excluding tert-OH is 4. The van der Waals surface area contributed by atoms with Crippen molar-refractivity contribution in [3.05, 3.63) is 28.8 Å². The number of phenolic OH excluding ortho intramolecular Hbond substituents is 2. The first-order chi connectivity index (χ1) is 23.3. The van der Waals surface area contributed by atoms with Gasteiger partial charge in [0.2, 0.25) is 6.29 Å². The number of hydrogen-bond acceptors (Lipinski definition) is 14. The lowest BCUT2D eigenvalue weighted by molar-refractivity contribution is -0.322. The number of aliphatic hydroxyl groups is 4. The maximum atomic E-state index is 12.4. The Morgan fingerprint density at radius 1 is 1.10 bits per heavy atom. The van der Waals surface area contributed by atoms with Crippen LogP contribution in [0.2, 0.25) is 0 Å². The summed E-state index contributed by atoms with van der Waals surface area (Å²) in [5.41, 5.74) is -2.19. The SMILES string of the molecule is CC(=O)c1c(C)c(O)c2cc(C(=O)O)cc(O[C@@H]3O[C@H](CO)[C@]4(CC[C@H](C)[C@@H]5CCOC[C@]5(CCCO)CSSCO4)[C@H](O)[C@H]3O)c2c1O. The topological polar surface area (TPSA) is 213 Å². The summed E-state index contributed by atoms with van der Waals surface area (Å²) in [5.74, 6) is -2.02. The molecule has 0 bridgehead atoms. The molecule has 0 radical (unpaired) electrons. The Morgan fingerprint density at radius 2 is 1.86 bits per heavy atom. The van der Waals surface area contributed by atoms with Crippen LogP contribution >= 0.6 is 21.6 Å². The smallest absolute Gasteiger partial charge is 0.335 e. The number of aromatic hydroxyl groups is 2. The standard InChI is InChI=1S/C34H46O13S2/c1-17-5-8-34(45-16-49-48-15-33(7-4-9-35)14-44-10-6-22(17)33)24(13-36)47-32(29(40)30(34)41)46-23-12-20(31(42)43)11-21-26(23)28(39)25(19(3)37)18(2)27(21)38/h11-12,17,22,24,29-30,32,35-36,38-41H,4-10,13-16H2,1-3H3,(H,42,43)/t17-,22-,24+,29+,30+,32+,33+,34+/m0/s1. The molecular formula is C34H46O13S2. The van der Waals surface area contributed by atoms with E-state index in [-0.39, 0.29) is 69.4 Å². The number of carbonyl (C=O) groups is 2. The number of carboxylic acid groups (broad SMARTS) is 1. The number of ketones is 1. The molecular weight excluding hydrogens is 680 g/mol. The largest absolute Gasteiger partial charge is 0.507 e. The molecule has 3 heterocycles. The van der Waals surface area contributed by atoms with Crippen LogP contribution in [0.25, 0.3) is 10.8 Å². The summed E-state index contributed by atoms with van der Waals surface area (Å²) in [4.78, 5) is 24.5. The van der Waals surface area contributed by atoms with Crippen molar-refractivity contribution in [2.75, 3.05) is 38.1 Å². The fourth-order valence-electron chi connectivity index (χ4n) is 7.96. The average Bonchev–Trinajstić information content (AvgIpc) is 3.10. The quantitative estimate of drug-likeness (QED) is 0.118. The van der Waals surface area contributed by atoms with Crippen LogP contribution in [-0.2, 0) is 14.2 Å². The van der Waals surface area contributed by atoms with E-state index in [9.17, 15) is 45.3 Å². The molecule has 13 nitrogen and oxygen atoms in total. The first kappa shape index (κ1) is 37.9. The second-order valence-corrected chi connectivity index (χ2v) is 15.8. The van der Waals surface area contributed by atoms with Crippen molar-refractivity contribution in [3.63, 3.8) is 0 Å². The molecule has 0 aromatic heterocycles. The molecule has 5 rings (SSSR count).